The molecule has 0 aliphatic carbocycles. The van der Waals surface area contributed by atoms with Crippen LogP contribution in [0.1, 0.15) is 11.1 Å². The van der Waals surface area contributed by atoms with Crippen LogP contribution in [0.3, 0.4) is 0 Å². The molecular formula is C24H13Cl4N3O2S. The average molecular weight is 549 g/mol. The molecule has 34 heavy (non-hydrogen) atoms. The van der Waals surface area contributed by atoms with Crippen LogP contribution in [0.25, 0.3) is 28.5 Å². The van der Waals surface area contributed by atoms with Crippen molar-refractivity contribution in [3.05, 3.63) is 90.7 Å². The highest BCUT2D eigenvalue weighted by Gasteiger charge is 2.25. The fourth-order valence-electron chi connectivity index (χ4n) is 3.62. The van der Waals surface area contributed by atoms with Crippen LogP contribution in [0, 0.1) is 0 Å². The summed E-state index contributed by atoms with van der Waals surface area (Å²) >= 11 is 25.7. The summed E-state index contributed by atoms with van der Waals surface area (Å²) in [6.07, 6.45) is 1.67. The molecule has 1 aliphatic heterocycles. The number of amides is 2. The third-order valence-electron chi connectivity index (χ3n) is 5.22. The molecule has 1 saturated heterocycles. The van der Waals surface area contributed by atoms with Crippen LogP contribution in [0.15, 0.2) is 59.5 Å². The van der Waals surface area contributed by atoms with Crippen molar-refractivity contribution in [3.8, 4) is 11.4 Å². The normalized spacial score (nSPS) is 14.9. The molecular weight excluding hydrogens is 536 g/mol. The Morgan fingerprint density at radius 1 is 0.882 bits per heavy atom. The predicted octanol–water partition coefficient (Wildman–Crippen LogP) is 7.69. The highest BCUT2D eigenvalue weighted by molar-refractivity contribution is 8.18. The monoisotopic (exact) mass is 547 g/mol. The number of carbonyl (C=O) groups is 2. The molecule has 1 aromatic heterocycles. The van der Waals surface area contributed by atoms with Gasteiger partial charge in [-0.15, -0.1) is 0 Å². The standard InChI is InChI=1S/C24H13Cl4N3O2S/c25-15-6-3-13(7-16(15)26)11-31-20-10-18(28)17(27)9-19(20)29-22(31)14-4-1-12(2-5-14)8-21-23(32)30-24(33)34-21/h1-10H,11H2,(H,30,32,33)/b21-8+. The zero-order chi connectivity index (χ0) is 24.0. The lowest BCUT2D eigenvalue weighted by atomic mass is 10.1. The van der Waals surface area contributed by atoms with Gasteiger partial charge in [0.15, 0.2) is 0 Å². The van der Waals surface area contributed by atoms with Crippen LogP contribution in [-0.4, -0.2) is 20.7 Å². The molecule has 0 radical (unpaired) electrons. The highest BCUT2D eigenvalue weighted by Crippen LogP contribution is 2.33. The Labute approximate surface area is 218 Å². The summed E-state index contributed by atoms with van der Waals surface area (Å²) in [5.41, 5.74) is 4.10. The van der Waals surface area contributed by atoms with Gasteiger partial charge < -0.3 is 4.57 Å². The maximum Gasteiger partial charge on any atom is 0.290 e. The van der Waals surface area contributed by atoms with Crippen molar-refractivity contribution in [2.75, 3.05) is 0 Å². The molecule has 3 aromatic carbocycles. The van der Waals surface area contributed by atoms with E-state index in [0.717, 1.165) is 34.0 Å². The zero-order valence-electron chi connectivity index (χ0n) is 17.1. The fraction of sp³-hybridized carbons (Fsp3) is 0.0417. The van der Waals surface area contributed by atoms with Gasteiger partial charge in [0.2, 0.25) is 0 Å². The van der Waals surface area contributed by atoms with E-state index in [9.17, 15) is 9.59 Å². The summed E-state index contributed by atoms with van der Waals surface area (Å²) in [7, 11) is 0. The Balaban J connectivity index is 1.57. The van der Waals surface area contributed by atoms with Gasteiger partial charge in [-0.1, -0.05) is 76.7 Å². The lowest BCUT2D eigenvalue weighted by molar-refractivity contribution is -0.115. The third kappa shape index (κ3) is 4.57. The van der Waals surface area contributed by atoms with Crippen LogP contribution >= 0.6 is 58.2 Å². The van der Waals surface area contributed by atoms with Crippen molar-refractivity contribution < 1.29 is 9.59 Å². The molecule has 0 bridgehead atoms. The SMILES string of the molecule is O=C1NC(=O)/C(=C\c2ccc(-c3nc4cc(Cl)c(Cl)cc4n3Cc3ccc(Cl)c(Cl)c3)cc2)S1. The number of nitrogens with one attached hydrogen (secondary N) is 1. The van der Waals surface area contributed by atoms with E-state index < -0.39 is 5.91 Å². The van der Waals surface area contributed by atoms with E-state index in [1.165, 1.54) is 0 Å². The molecule has 1 fully saturated rings. The second kappa shape index (κ2) is 9.29. The summed E-state index contributed by atoms with van der Waals surface area (Å²) < 4.78 is 2.03. The Kier molecular flexibility index (Phi) is 6.35. The van der Waals surface area contributed by atoms with Crippen LogP contribution in [0.2, 0.25) is 20.1 Å². The Morgan fingerprint density at radius 2 is 1.59 bits per heavy atom. The number of halogens is 4. The number of fused-ring (bicyclic) bond motifs is 1. The van der Waals surface area contributed by atoms with Crippen LogP contribution < -0.4 is 5.32 Å². The second-order valence-corrected chi connectivity index (χ2v) is 10.1. The molecule has 0 atom stereocenters. The van der Waals surface area contributed by atoms with Crippen LogP contribution in [0.4, 0.5) is 4.79 Å². The van der Waals surface area contributed by atoms with Gasteiger partial charge in [-0.2, -0.15) is 0 Å². The first-order valence-corrected chi connectivity index (χ1v) is 12.3. The zero-order valence-corrected chi connectivity index (χ0v) is 21.0. The van der Waals surface area contributed by atoms with Gasteiger partial charge in [-0.3, -0.25) is 14.9 Å². The van der Waals surface area contributed by atoms with Crippen molar-refractivity contribution in [1.82, 2.24) is 14.9 Å². The maximum absolute atomic E-state index is 11.8. The summed E-state index contributed by atoms with van der Waals surface area (Å²) in [5, 5.41) is 3.68. The fourth-order valence-corrected chi connectivity index (χ4v) is 4.94. The first-order valence-electron chi connectivity index (χ1n) is 9.93. The third-order valence-corrected chi connectivity index (χ3v) is 7.50. The molecule has 0 saturated carbocycles. The summed E-state index contributed by atoms with van der Waals surface area (Å²) in [6.45, 7) is 0.478. The van der Waals surface area contributed by atoms with E-state index in [4.69, 9.17) is 51.4 Å². The summed E-state index contributed by atoms with van der Waals surface area (Å²) in [6, 6.07) is 16.5. The number of hydrogen-bond donors (Lipinski definition) is 1. The number of imide groups is 1. The van der Waals surface area contributed by atoms with E-state index >= 15 is 0 Å². The van der Waals surface area contributed by atoms with Crippen molar-refractivity contribution in [2.24, 2.45) is 0 Å². The minimum atomic E-state index is -0.392. The molecule has 0 unspecified atom stereocenters. The van der Waals surface area contributed by atoms with Gasteiger partial charge in [0, 0.05) is 12.1 Å². The highest BCUT2D eigenvalue weighted by atomic mass is 35.5. The number of benzene rings is 3. The van der Waals surface area contributed by atoms with E-state index in [-0.39, 0.29) is 5.24 Å². The van der Waals surface area contributed by atoms with Gasteiger partial charge in [0.1, 0.15) is 5.82 Å². The number of thioether (sulfide) groups is 1. The van der Waals surface area contributed by atoms with E-state index in [1.54, 1.807) is 24.3 Å². The first kappa shape index (κ1) is 23.3. The molecule has 2 amide bonds. The molecule has 0 spiro atoms. The van der Waals surface area contributed by atoms with Crippen molar-refractivity contribution in [1.29, 1.82) is 0 Å². The predicted molar refractivity (Wildman–Crippen MR) is 140 cm³/mol. The Bertz CT molecular complexity index is 1510. The Morgan fingerprint density at radius 3 is 2.26 bits per heavy atom. The number of hydrogen-bond acceptors (Lipinski definition) is 4. The molecule has 170 valence electrons. The van der Waals surface area contributed by atoms with Crippen molar-refractivity contribution in [2.45, 2.75) is 6.54 Å². The molecule has 1 N–H and O–H groups in total. The topological polar surface area (TPSA) is 64.0 Å². The Hall–Kier alpha value is -2.48. The summed E-state index contributed by atoms with van der Waals surface area (Å²) in [4.78, 5) is 28.4. The van der Waals surface area contributed by atoms with Crippen LogP contribution in [0.5, 0.6) is 0 Å². The molecule has 2 heterocycles. The number of imidazole rings is 1. The van der Waals surface area contributed by atoms with E-state index in [1.807, 2.05) is 41.0 Å². The minimum absolute atomic E-state index is 0.355. The number of aromatic nitrogens is 2. The van der Waals surface area contributed by atoms with Gasteiger partial charge in [0.25, 0.3) is 11.1 Å². The average Bonchev–Trinajstić information content (AvgIpc) is 3.30. The molecule has 5 rings (SSSR count). The van der Waals surface area contributed by atoms with Gasteiger partial charge in [-0.05, 0) is 53.2 Å². The van der Waals surface area contributed by atoms with E-state index in [0.29, 0.717) is 42.9 Å². The molecule has 5 nitrogen and oxygen atoms in total. The first-order chi connectivity index (χ1) is 16.3. The van der Waals surface area contributed by atoms with Gasteiger partial charge in [0.05, 0.1) is 36.0 Å². The second-order valence-electron chi connectivity index (χ2n) is 7.50. The number of nitrogens with zero attached hydrogens (tertiary/aromatic N) is 2. The quantitative estimate of drug-likeness (QED) is 0.265. The largest absolute Gasteiger partial charge is 0.319 e. The van der Waals surface area contributed by atoms with E-state index in [2.05, 4.69) is 5.32 Å². The number of rotatable bonds is 4. The van der Waals surface area contributed by atoms with Crippen molar-refractivity contribution >= 4 is 86.4 Å². The summed E-state index contributed by atoms with van der Waals surface area (Å²) in [5.74, 6) is 0.318. The lowest BCUT2D eigenvalue weighted by Crippen LogP contribution is -2.17. The van der Waals surface area contributed by atoms with Crippen LogP contribution in [-0.2, 0) is 11.3 Å². The smallest absolute Gasteiger partial charge is 0.290 e. The molecule has 1 aliphatic rings. The molecule has 10 heteroatoms. The minimum Gasteiger partial charge on any atom is -0.319 e. The lowest BCUT2D eigenvalue weighted by Gasteiger charge is -2.11. The number of carbonyl (C=O) groups excluding carboxylic acids is 2. The molecule has 4 aromatic rings. The van der Waals surface area contributed by atoms with Gasteiger partial charge >= 0.3 is 0 Å². The van der Waals surface area contributed by atoms with Crippen molar-refractivity contribution in [3.63, 3.8) is 0 Å². The van der Waals surface area contributed by atoms with Gasteiger partial charge in [-0.25, -0.2) is 4.98 Å². The maximum atomic E-state index is 11.8.